The summed E-state index contributed by atoms with van der Waals surface area (Å²) in [5.74, 6) is -0.0477. The zero-order valence-electron chi connectivity index (χ0n) is 12.7. The van der Waals surface area contributed by atoms with Gasteiger partial charge in [0.2, 0.25) is 0 Å². The van der Waals surface area contributed by atoms with Crippen molar-refractivity contribution in [1.29, 1.82) is 0 Å². The monoisotopic (exact) mass is 320 g/mol. The van der Waals surface area contributed by atoms with Gasteiger partial charge in [0.25, 0.3) is 10.2 Å². The molecule has 2 aliphatic rings. The fourth-order valence-electron chi connectivity index (χ4n) is 3.33. The number of rotatable bonds is 3. The molecule has 0 aromatic rings. The van der Waals surface area contributed by atoms with E-state index in [4.69, 9.17) is 0 Å². The lowest BCUT2D eigenvalue weighted by atomic mass is 9.94. The van der Waals surface area contributed by atoms with Gasteiger partial charge in [0.1, 0.15) is 6.04 Å². The fraction of sp³-hybridized carbons (Fsp3) is 0.923. The highest BCUT2D eigenvalue weighted by molar-refractivity contribution is 7.86. The van der Waals surface area contributed by atoms with Gasteiger partial charge in [0.05, 0.1) is 13.2 Å². The van der Waals surface area contributed by atoms with E-state index >= 15 is 0 Å². The molecule has 0 radical (unpaired) electrons. The molecule has 0 spiro atoms. The molecule has 0 saturated carbocycles. The Kier molecular flexibility index (Phi) is 4.92. The van der Waals surface area contributed by atoms with Crippen LogP contribution in [0, 0.1) is 11.8 Å². The Hall–Kier alpha value is -0.700. The number of methoxy groups -OCH3 is 1. The molecule has 1 N–H and O–H groups in total. The topological polar surface area (TPSA) is 87.1 Å². The first-order chi connectivity index (χ1) is 9.75. The molecular formula is C13H24N2O5S. The molecule has 2 heterocycles. The summed E-state index contributed by atoms with van der Waals surface area (Å²) in [4.78, 5) is 11.8. The number of aliphatic hydroxyl groups is 1. The van der Waals surface area contributed by atoms with Gasteiger partial charge in [-0.15, -0.1) is 0 Å². The van der Waals surface area contributed by atoms with Crippen LogP contribution in [-0.2, 0) is 19.7 Å². The van der Waals surface area contributed by atoms with E-state index in [0.29, 0.717) is 13.1 Å². The van der Waals surface area contributed by atoms with Gasteiger partial charge in [-0.05, 0) is 18.3 Å². The van der Waals surface area contributed by atoms with Crippen LogP contribution in [0.25, 0.3) is 0 Å². The van der Waals surface area contributed by atoms with Crippen molar-refractivity contribution in [2.45, 2.75) is 38.8 Å². The van der Waals surface area contributed by atoms with Gasteiger partial charge in [-0.2, -0.15) is 17.0 Å². The summed E-state index contributed by atoms with van der Waals surface area (Å²) in [5.41, 5.74) is 0. The molecule has 0 aromatic heterocycles. The minimum atomic E-state index is -3.76. The van der Waals surface area contributed by atoms with E-state index in [1.807, 2.05) is 13.8 Å². The minimum absolute atomic E-state index is 0.0542. The molecule has 0 amide bonds. The minimum Gasteiger partial charge on any atom is -0.468 e. The van der Waals surface area contributed by atoms with Crippen LogP contribution in [0.15, 0.2) is 0 Å². The average molecular weight is 320 g/mol. The second-order valence-corrected chi connectivity index (χ2v) is 8.15. The van der Waals surface area contributed by atoms with Gasteiger partial charge >= 0.3 is 5.97 Å². The summed E-state index contributed by atoms with van der Waals surface area (Å²) in [6.45, 7) is 4.89. The molecular weight excluding hydrogens is 296 g/mol. The second kappa shape index (κ2) is 6.20. The Morgan fingerprint density at radius 1 is 1.14 bits per heavy atom. The first-order valence-electron chi connectivity index (χ1n) is 7.28. The second-order valence-electron chi connectivity index (χ2n) is 6.27. The number of β-amino-alcohol motifs (C(OH)–C–C–N with tert-alkyl or cyclic N) is 1. The first kappa shape index (κ1) is 16.7. The highest BCUT2D eigenvalue weighted by Crippen LogP contribution is 2.29. The van der Waals surface area contributed by atoms with E-state index in [1.54, 1.807) is 0 Å². The van der Waals surface area contributed by atoms with Crippen molar-refractivity contribution < 1.29 is 23.1 Å². The van der Waals surface area contributed by atoms with Gasteiger partial charge in [0, 0.05) is 26.1 Å². The third kappa shape index (κ3) is 3.39. The normalized spacial score (nSPS) is 35.8. The molecule has 8 heteroatoms. The largest absolute Gasteiger partial charge is 0.468 e. The maximum absolute atomic E-state index is 12.8. The predicted molar refractivity (Wildman–Crippen MR) is 76.6 cm³/mol. The average Bonchev–Trinajstić information content (AvgIpc) is 2.79. The van der Waals surface area contributed by atoms with Crippen molar-refractivity contribution in [1.82, 2.24) is 8.61 Å². The zero-order valence-corrected chi connectivity index (χ0v) is 13.5. The van der Waals surface area contributed by atoms with Gasteiger partial charge < -0.3 is 9.84 Å². The maximum atomic E-state index is 12.8. The van der Waals surface area contributed by atoms with E-state index in [2.05, 4.69) is 4.74 Å². The van der Waals surface area contributed by atoms with Crippen molar-refractivity contribution in [2.24, 2.45) is 11.8 Å². The van der Waals surface area contributed by atoms with Crippen LogP contribution in [0.3, 0.4) is 0 Å². The van der Waals surface area contributed by atoms with E-state index in [0.717, 1.165) is 10.7 Å². The smallest absolute Gasteiger partial charge is 0.324 e. The molecule has 4 unspecified atom stereocenters. The third-order valence-corrected chi connectivity index (χ3v) is 6.11. The Bertz CT molecular complexity index is 485. The SMILES string of the molecule is COC(=O)C1CC(O)CN1S(=O)(=O)N1CC(C)CC(C)C1. The van der Waals surface area contributed by atoms with Gasteiger partial charge in [0.15, 0.2) is 0 Å². The number of carbonyl (C=O) groups excluding carboxylic acids is 1. The lowest BCUT2D eigenvalue weighted by molar-refractivity contribution is -0.144. The number of aliphatic hydroxyl groups excluding tert-OH is 1. The van der Waals surface area contributed by atoms with Crippen LogP contribution in [0.5, 0.6) is 0 Å². The quantitative estimate of drug-likeness (QED) is 0.729. The number of nitrogens with zero attached hydrogens (tertiary/aromatic N) is 2. The lowest BCUT2D eigenvalue weighted by Gasteiger charge is -2.37. The van der Waals surface area contributed by atoms with Crippen LogP contribution in [0.1, 0.15) is 26.7 Å². The Balaban J connectivity index is 2.23. The summed E-state index contributed by atoms with van der Waals surface area (Å²) in [5, 5.41) is 9.75. The number of hydrogen-bond acceptors (Lipinski definition) is 5. The lowest BCUT2D eigenvalue weighted by Crippen LogP contribution is -2.52. The zero-order chi connectivity index (χ0) is 15.8. The predicted octanol–water partition coefficient (Wildman–Crippen LogP) is -0.183. The molecule has 0 bridgehead atoms. The van der Waals surface area contributed by atoms with E-state index in [9.17, 15) is 18.3 Å². The number of carbonyl (C=O) groups is 1. The summed E-state index contributed by atoms with van der Waals surface area (Å²) in [6.07, 6.45) is 0.253. The molecule has 2 saturated heterocycles. The Morgan fingerprint density at radius 3 is 2.24 bits per heavy atom. The van der Waals surface area contributed by atoms with Crippen LogP contribution >= 0.6 is 0 Å². The number of piperidine rings is 1. The first-order valence-corrected chi connectivity index (χ1v) is 8.68. The van der Waals surface area contributed by atoms with Gasteiger partial charge in [-0.3, -0.25) is 4.79 Å². The highest BCUT2D eigenvalue weighted by Gasteiger charge is 2.46. The summed E-state index contributed by atoms with van der Waals surface area (Å²) < 4.78 is 32.8. The van der Waals surface area contributed by atoms with Crippen molar-refractivity contribution in [3.8, 4) is 0 Å². The molecule has 0 aliphatic carbocycles. The standard InChI is InChI=1S/C13H24N2O5S/c1-9-4-10(2)7-14(6-9)21(18,19)15-8-11(16)5-12(15)13(17)20-3/h9-12,16H,4-8H2,1-3H3. The highest BCUT2D eigenvalue weighted by atomic mass is 32.2. The van der Waals surface area contributed by atoms with Gasteiger partial charge in [-0.1, -0.05) is 13.8 Å². The molecule has 4 atom stereocenters. The van der Waals surface area contributed by atoms with Crippen molar-refractivity contribution >= 4 is 16.2 Å². The Morgan fingerprint density at radius 2 is 1.71 bits per heavy atom. The fourth-order valence-corrected chi connectivity index (χ4v) is 5.37. The van der Waals surface area contributed by atoms with Crippen LogP contribution < -0.4 is 0 Å². The van der Waals surface area contributed by atoms with Crippen molar-refractivity contribution in [3.05, 3.63) is 0 Å². The Labute approximate surface area is 126 Å². The molecule has 0 aromatic carbocycles. The molecule has 122 valence electrons. The summed E-state index contributed by atoms with van der Waals surface area (Å²) in [6, 6.07) is -0.928. The summed E-state index contributed by atoms with van der Waals surface area (Å²) in [7, 11) is -2.53. The van der Waals surface area contributed by atoms with Crippen molar-refractivity contribution in [3.63, 3.8) is 0 Å². The van der Waals surface area contributed by atoms with Crippen LogP contribution in [0.4, 0.5) is 0 Å². The van der Waals surface area contributed by atoms with Gasteiger partial charge in [-0.25, -0.2) is 0 Å². The molecule has 2 rings (SSSR count). The molecule has 2 fully saturated rings. The van der Waals surface area contributed by atoms with Crippen LogP contribution in [-0.4, -0.2) is 67.0 Å². The molecule has 21 heavy (non-hydrogen) atoms. The molecule has 2 aliphatic heterocycles. The third-order valence-electron chi connectivity index (χ3n) is 4.16. The van der Waals surface area contributed by atoms with E-state index in [-0.39, 0.29) is 24.8 Å². The number of ether oxygens (including phenoxy) is 1. The van der Waals surface area contributed by atoms with E-state index in [1.165, 1.54) is 11.4 Å². The number of esters is 1. The summed E-state index contributed by atoms with van der Waals surface area (Å²) >= 11 is 0. The number of hydrogen-bond donors (Lipinski definition) is 1. The maximum Gasteiger partial charge on any atom is 0.324 e. The van der Waals surface area contributed by atoms with Crippen molar-refractivity contribution in [2.75, 3.05) is 26.7 Å². The van der Waals surface area contributed by atoms with Crippen LogP contribution in [0.2, 0.25) is 0 Å². The van der Waals surface area contributed by atoms with E-state index < -0.39 is 28.3 Å². The molecule has 7 nitrogen and oxygen atoms in total.